The monoisotopic (exact) mass is 671 g/mol. The van der Waals surface area contributed by atoms with Crippen molar-refractivity contribution in [2.24, 2.45) is 5.92 Å². The number of halogens is 4. The van der Waals surface area contributed by atoms with Crippen molar-refractivity contribution in [2.45, 2.75) is 38.4 Å². The van der Waals surface area contributed by atoms with Crippen molar-refractivity contribution in [2.75, 3.05) is 35.6 Å². The van der Waals surface area contributed by atoms with Crippen LogP contribution in [-0.2, 0) is 32.4 Å². The largest absolute Gasteiger partial charge is 0.619 e. The molecule has 10 nitrogen and oxygen atoms in total. The van der Waals surface area contributed by atoms with Crippen LogP contribution in [0.1, 0.15) is 35.6 Å². The molecule has 0 bridgehead atoms. The van der Waals surface area contributed by atoms with Gasteiger partial charge in [0.05, 0.1) is 12.9 Å². The van der Waals surface area contributed by atoms with Gasteiger partial charge in [0.2, 0.25) is 10.0 Å². The number of pyridine rings is 1. The van der Waals surface area contributed by atoms with E-state index in [1.807, 2.05) is 4.90 Å². The van der Waals surface area contributed by atoms with Gasteiger partial charge in [-0.2, -0.15) is 13.5 Å². The van der Waals surface area contributed by atoms with Gasteiger partial charge in [0.1, 0.15) is 22.7 Å². The van der Waals surface area contributed by atoms with Crippen molar-refractivity contribution in [1.29, 1.82) is 0 Å². The third-order valence-corrected chi connectivity index (χ3v) is 8.40. The normalized spacial score (nSPS) is 15.2. The van der Waals surface area contributed by atoms with Gasteiger partial charge in [0.15, 0.2) is 23.9 Å². The number of nitrogens with one attached hydrogen (secondary N) is 1. The maximum Gasteiger partial charge on any atom is 0.387 e. The molecule has 2 aliphatic rings. The Hall–Kier alpha value is -3.55. The molecule has 2 aromatic carbocycles. The molecule has 1 N–H and O–H groups in total. The number of nitrogens with zero attached hydrogens (tertiary/aromatic N) is 2. The predicted molar refractivity (Wildman–Crippen MR) is 160 cm³/mol. The fraction of sp³-hybridized carbons (Fsp3) is 0.379. The van der Waals surface area contributed by atoms with Gasteiger partial charge < -0.3 is 24.3 Å². The molecule has 5 rings (SSSR count). The number of hydrogen-bond donors (Lipinski definition) is 1. The summed E-state index contributed by atoms with van der Waals surface area (Å²) in [6.07, 6.45) is 4.83. The Balaban J connectivity index is 1.39. The second-order valence-corrected chi connectivity index (χ2v) is 13.3. The van der Waals surface area contributed by atoms with Gasteiger partial charge in [0, 0.05) is 29.9 Å². The number of carbonyl (C=O) groups excluding carboxylic acids is 1. The summed E-state index contributed by atoms with van der Waals surface area (Å²) in [5, 5.41) is 11.9. The Bertz CT molecular complexity index is 1630. The minimum atomic E-state index is -3.45. The standard InChI is InChI=1S/C29H29Cl2F2N3O7S/c1-44(39,40)34-20-5-6-24-18(10-20)8-9-35(24)15-28(37)42-26(12-21-22(30)13-36(38)14-23(21)31)19-4-7-25(43-29(32)33)27(11-19)41-16-17-2-3-17/h4-7,10-11,13-14,17,26,29,34H,2-3,8-9,12,15-16H2,1H3. The molecule has 0 radical (unpaired) electrons. The van der Waals surface area contributed by atoms with E-state index in [9.17, 15) is 27.2 Å². The van der Waals surface area contributed by atoms with Crippen LogP contribution in [0.3, 0.4) is 0 Å². The molecule has 44 heavy (non-hydrogen) atoms. The quantitative estimate of drug-likeness (QED) is 0.148. The van der Waals surface area contributed by atoms with E-state index in [2.05, 4.69) is 9.46 Å². The molecular weight excluding hydrogens is 643 g/mol. The number of anilines is 2. The zero-order chi connectivity index (χ0) is 31.6. The Morgan fingerprint density at radius 1 is 1.14 bits per heavy atom. The summed E-state index contributed by atoms with van der Waals surface area (Å²) in [5.41, 5.74) is 2.81. The van der Waals surface area contributed by atoms with Gasteiger partial charge in [-0.25, -0.2) is 8.42 Å². The van der Waals surface area contributed by atoms with E-state index in [1.165, 1.54) is 18.2 Å². The molecule has 236 valence electrons. The lowest BCUT2D eigenvalue weighted by Crippen LogP contribution is -2.30. The lowest BCUT2D eigenvalue weighted by atomic mass is 10.0. The first kappa shape index (κ1) is 31.9. The summed E-state index contributed by atoms with van der Waals surface area (Å²) >= 11 is 12.7. The van der Waals surface area contributed by atoms with E-state index >= 15 is 0 Å². The number of esters is 1. The number of carbonyl (C=O) groups is 1. The maximum atomic E-state index is 13.4. The molecule has 1 unspecified atom stereocenters. The highest BCUT2D eigenvalue weighted by Gasteiger charge is 2.28. The first-order valence-corrected chi connectivity index (χ1v) is 16.3. The van der Waals surface area contributed by atoms with E-state index < -0.39 is 28.7 Å². The summed E-state index contributed by atoms with van der Waals surface area (Å²) in [7, 11) is -3.45. The topological polar surface area (TPSA) is 121 Å². The summed E-state index contributed by atoms with van der Waals surface area (Å²) < 4.78 is 68.7. The lowest BCUT2D eigenvalue weighted by molar-refractivity contribution is -0.605. The molecule has 0 amide bonds. The first-order valence-electron chi connectivity index (χ1n) is 13.7. The van der Waals surface area contributed by atoms with Crippen LogP contribution in [0.4, 0.5) is 20.2 Å². The predicted octanol–water partition coefficient (Wildman–Crippen LogP) is 5.28. The summed E-state index contributed by atoms with van der Waals surface area (Å²) in [5.74, 6) is -0.355. The SMILES string of the molecule is CS(=O)(=O)Nc1ccc2c(c1)CCN2CC(=O)OC(Cc1c(Cl)c[n+]([O-])cc1Cl)c1ccc(OC(F)F)c(OCC2CC2)c1. The molecule has 1 aliphatic carbocycles. The van der Waals surface area contributed by atoms with Crippen molar-refractivity contribution in [3.8, 4) is 11.5 Å². The van der Waals surface area contributed by atoms with E-state index in [0.29, 0.717) is 47.0 Å². The number of aromatic nitrogens is 1. The van der Waals surface area contributed by atoms with Crippen molar-refractivity contribution in [3.05, 3.63) is 80.7 Å². The molecule has 1 aromatic heterocycles. The van der Waals surface area contributed by atoms with E-state index in [-0.39, 0.29) is 34.5 Å². The van der Waals surface area contributed by atoms with Crippen LogP contribution in [0.5, 0.6) is 11.5 Å². The highest BCUT2D eigenvalue weighted by molar-refractivity contribution is 7.92. The number of fused-ring (bicyclic) bond motifs is 1. The van der Waals surface area contributed by atoms with Crippen molar-refractivity contribution in [1.82, 2.24) is 0 Å². The zero-order valence-corrected chi connectivity index (χ0v) is 25.8. The fourth-order valence-electron chi connectivity index (χ4n) is 4.93. The van der Waals surface area contributed by atoms with Crippen LogP contribution in [0, 0.1) is 11.1 Å². The maximum absolute atomic E-state index is 13.4. The summed E-state index contributed by atoms with van der Waals surface area (Å²) in [6, 6.07) is 9.35. The summed E-state index contributed by atoms with van der Waals surface area (Å²) in [4.78, 5) is 15.2. The molecule has 1 fully saturated rings. The Labute approximate surface area is 263 Å². The van der Waals surface area contributed by atoms with Gasteiger partial charge in [-0.3, -0.25) is 9.52 Å². The van der Waals surface area contributed by atoms with E-state index in [4.69, 9.17) is 32.7 Å². The summed E-state index contributed by atoms with van der Waals surface area (Å²) in [6.45, 7) is -2.38. The third-order valence-electron chi connectivity index (χ3n) is 7.14. The van der Waals surface area contributed by atoms with Crippen molar-refractivity contribution < 1.29 is 40.9 Å². The van der Waals surface area contributed by atoms with Crippen LogP contribution < -0.4 is 23.8 Å². The van der Waals surface area contributed by atoms with Crippen LogP contribution in [0.25, 0.3) is 0 Å². The molecule has 1 atom stereocenters. The fourth-order valence-corrected chi connectivity index (χ4v) is 6.08. The van der Waals surface area contributed by atoms with Crippen LogP contribution >= 0.6 is 23.2 Å². The molecule has 2 heterocycles. The van der Waals surface area contributed by atoms with Gasteiger partial charge in [-0.15, -0.1) is 0 Å². The van der Waals surface area contributed by atoms with Crippen LogP contribution in [-0.4, -0.2) is 47.0 Å². The Morgan fingerprint density at radius 3 is 2.52 bits per heavy atom. The average Bonchev–Trinajstić information content (AvgIpc) is 3.68. The molecular formula is C29H29Cl2F2N3O7S. The highest BCUT2D eigenvalue weighted by Crippen LogP contribution is 2.38. The second-order valence-electron chi connectivity index (χ2n) is 10.7. The highest BCUT2D eigenvalue weighted by atomic mass is 35.5. The van der Waals surface area contributed by atoms with Gasteiger partial charge in [-0.05, 0) is 66.6 Å². The third kappa shape index (κ3) is 8.33. The molecule has 0 spiro atoms. The molecule has 1 saturated carbocycles. The number of hydrogen-bond acceptors (Lipinski definition) is 8. The molecule has 1 aliphatic heterocycles. The Morgan fingerprint density at radius 2 is 1.86 bits per heavy atom. The molecule has 3 aromatic rings. The van der Waals surface area contributed by atoms with Crippen molar-refractivity contribution in [3.63, 3.8) is 0 Å². The van der Waals surface area contributed by atoms with E-state index in [0.717, 1.165) is 42.7 Å². The van der Waals surface area contributed by atoms with Crippen molar-refractivity contribution >= 4 is 50.6 Å². The minimum absolute atomic E-state index is 0.0293. The Kier molecular flexibility index (Phi) is 9.56. The number of benzene rings is 2. The lowest BCUT2D eigenvalue weighted by Gasteiger charge is -2.24. The number of sulfonamides is 1. The molecule has 0 saturated heterocycles. The number of ether oxygens (including phenoxy) is 3. The minimum Gasteiger partial charge on any atom is -0.619 e. The second kappa shape index (κ2) is 13.2. The van der Waals surface area contributed by atoms with Crippen LogP contribution in [0.15, 0.2) is 48.8 Å². The van der Waals surface area contributed by atoms with Gasteiger partial charge in [-0.1, -0.05) is 29.3 Å². The molecule has 15 heteroatoms. The first-order chi connectivity index (χ1) is 20.8. The van der Waals surface area contributed by atoms with Crippen LogP contribution in [0.2, 0.25) is 10.0 Å². The van der Waals surface area contributed by atoms with Gasteiger partial charge >= 0.3 is 12.6 Å². The number of rotatable bonds is 13. The van der Waals surface area contributed by atoms with E-state index in [1.54, 1.807) is 18.2 Å². The zero-order valence-electron chi connectivity index (χ0n) is 23.5. The number of alkyl halides is 2. The van der Waals surface area contributed by atoms with Gasteiger partial charge in [0.25, 0.3) is 0 Å². The average molecular weight is 673 g/mol. The smallest absolute Gasteiger partial charge is 0.387 e.